The van der Waals surface area contributed by atoms with E-state index in [4.69, 9.17) is 9.47 Å². The standard InChI is InChI=1S/C25H20N2O5S2/c1-13-11-16-19(12-17(13)32-3)34-25(26-16)27-21(18-5-4-10-33-18)20(23(29)24(27)30)22(28)14-6-8-15(31-2)9-7-14/h4-12,21,28H,1-3H3/b22-20+. The number of ether oxygens (including phenoxy) is 2. The number of carbonyl (C=O) groups is 2. The molecule has 1 aliphatic heterocycles. The molecule has 0 saturated carbocycles. The van der Waals surface area contributed by atoms with Crippen LogP contribution in [-0.4, -0.2) is 36.0 Å². The molecule has 3 heterocycles. The van der Waals surface area contributed by atoms with Gasteiger partial charge in [-0.05, 0) is 60.3 Å². The van der Waals surface area contributed by atoms with Crippen molar-refractivity contribution >= 4 is 55.5 Å². The molecule has 172 valence electrons. The van der Waals surface area contributed by atoms with Crippen molar-refractivity contribution in [2.24, 2.45) is 0 Å². The monoisotopic (exact) mass is 492 g/mol. The van der Waals surface area contributed by atoms with E-state index in [2.05, 4.69) is 4.98 Å². The zero-order chi connectivity index (χ0) is 24.0. The van der Waals surface area contributed by atoms with E-state index >= 15 is 0 Å². The van der Waals surface area contributed by atoms with E-state index in [1.54, 1.807) is 38.5 Å². The zero-order valence-electron chi connectivity index (χ0n) is 18.6. The summed E-state index contributed by atoms with van der Waals surface area (Å²) in [7, 11) is 3.15. The second kappa shape index (κ2) is 8.58. The van der Waals surface area contributed by atoms with Gasteiger partial charge in [0.1, 0.15) is 23.3 Å². The van der Waals surface area contributed by atoms with Crippen molar-refractivity contribution in [1.29, 1.82) is 0 Å². The van der Waals surface area contributed by atoms with Gasteiger partial charge in [0.25, 0.3) is 5.78 Å². The third-order valence-electron chi connectivity index (χ3n) is 5.72. The van der Waals surface area contributed by atoms with Crippen LogP contribution in [0.3, 0.4) is 0 Å². The topological polar surface area (TPSA) is 89.0 Å². The van der Waals surface area contributed by atoms with E-state index in [-0.39, 0.29) is 11.3 Å². The molecule has 1 amide bonds. The van der Waals surface area contributed by atoms with Gasteiger partial charge in [-0.1, -0.05) is 17.4 Å². The second-order valence-corrected chi connectivity index (χ2v) is 9.69. The van der Waals surface area contributed by atoms with E-state index < -0.39 is 17.7 Å². The van der Waals surface area contributed by atoms with Crippen LogP contribution in [0.5, 0.6) is 11.5 Å². The highest BCUT2D eigenvalue weighted by Crippen LogP contribution is 2.46. The normalized spacial score (nSPS) is 17.5. The number of aryl methyl sites for hydroxylation is 1. The summed E-state index contributed by atoms with van der Waals surface area (Å²) < 4.78 is 11.4. The molecule has 1 N–H and O–H groups in total. The van der Waals surface area contributed by atoms with Gasteiger partial charge in [0.15, 0.2) is 5.13 Å². The molecule has 1 unspecified atom stereocenters. The van der Waals surface area contributed by atoms with Crippen molar-refractivity contribution in [3.05, 3.63) is 75.5 Å². The number of benzene rings is 2. The zero-order valence-corrected chi connectivity index (χ0v) is 20.2. The van der Waals surface area contributed by atoms with Gasteiger partial charge in [0, 0.05) is 10.4 Å². The number of aliphatic hydroxyl groups excluding tert-OH is 1. The maximum Gasteiger partial charge on any atom is 0.301 e. The van der Waals surface area contributed by atoms with Gasteiger partial charge in [-0.25, -0.2) is 4.98 Å². The van der Waals surface area contributed by atoms with E-state index in [1.807, 2.05) is 36.6 Å². The molecule has 4 aromatic rings. The Bertz CT molecular complexity index is 1440. The molecule has 5 rings (SSSR count). The summed E-state index contributed by atoms with van der Waals surface area (Å²) >= 11 is 2.71. The van der Waals surface area contributed by atoms with Crippen LogP contribution in [0.25, 0.3) is 16.0 Å². The smallest absolute Gasteiger partial charge is 0.301 e. The van der Waals surface area contributed by atoms with E-state index in [0.717, 1.165) is 20.9 Å². The van der Waals surface area contributed by atoms with E-state index in [1.165, 1.54) is 27.6 Å². The Hall–Kier alpha value is -3.69. The molecular formula is C25H20N2O5S2. The van der Waals surface area contributed by atoms with E-state index in [9.17, 15) is 14.7 Å². The fourth-order valence-corrected chi connectivity index (χ4v) is 5.85. The van der Waals surface area contributed by atoms with Crippen molar-refractivity contribution in [3.8, 4) is 11.5 Å². The number of hydrogen-bond acceptors (Lipinski definition) is 8. The Morgan fingerprint density at radius 2 is 1.85 bits per heavy atom. The number of nitrogens with zero attached hydrogens (tertiary/aromatic N) is 2. The summed E-state index contributed by atoms with van der Waals surface area (Å²) in [6, 6.07) is 13.4. The molecule has 1 aliphatic rings. The first-order valence-corrected chi connectivity index (χ1v) is 12.1. The number of fused-ring (bicyclic) bond motifs is 1. The predicted molar refractivity (Wildman–Crippen MR) is 133 cm³/mol. The van der Waals surface area contributed by atoms with Crippen LogP contribution in [0.1, 0.15) is 22.0 Å². The number of Topliss-reactive ketones (excluding diaryl/α,β-unsaturated/α-hetero) is 1. The highest BCUT2D eigenvalue weighted by molar-refractivity contribution is 7.22. The average molecular weight is 493 g/mol. The Kier molecular flexibility index (Phi) is 5.59. The van der Waals surface area contributed by atoms with Crippen LogP contribution >= 0.6 is 22.7 Å². The van der Waals surface area contributed by atoms with Gasteiger partial charge < -0.3 is 14.6 Å². The first-order chi connectivity index (χ1) is 16.4. The molecule has 2 aromatic carbocycles. The van der Waals surface area contributed by atoms with Gasteiger partial charge >= 0.3 is 5.91 Å². The molecule has 7 nitrogen and oxygen atoms in total. The average Bonchev–Trinajstić information content (AvgIpc) is 3.57. The number of thiophene rings is 1. The Labute approximate surface area is 203 Å². The minimum absolute atomic E-state index is 0.0330. The minimum Gasteiger partial charge on any atom is -0.507 e. The SMILES string of the molecule is COc1ccc(/C(O)=C2\C(=O)C(=O)N(c3nc4cc(C)c(OC)cc4s3)C2c2cccs2)cc1. The number of aromatic nitrogens is 1. The van der Waals surface area contributed by atoms with Gasteiger partial charge in [0.2, 0.25) is 0 Å². The summed E-state index contributed by atoms with van der Waals surface area (Å²) in [5.41, 5.74) is 2.08. The lowest BCUT2D eigenvalue weighted by atomic mass is 10.00. The number of anilines is 1. The molecule has 2 aromatic heterocycles. The third-order valence-corrected chi connectivity index (χ3v) is 7.66. The molecule has 0 bridgehead atoms. The van der Waals surface area contributed by atoms with Crippen molar-refractivity contribution < 1.29 is 24.2 Å². The molecular weight excluding hydrogens is 472 g/mol. The first kappa shape index (κ1) is 22.1. The van der Waals surface area contributed by atoms with Gasteiger partial charge in [-0.3, -0.25) is 14.5 Å². The van der Waals surface area contributed by atoms with Crippen molar-refractivity contribution in [2.75, 3.05) is 19.1 Å². The maximum atomic E-state index is 13.3. The molecule has 0 aliphatic carbocycles. The fourth-order valence-electron chi connectivity index (χ4n) is 4.02. The summed E-state index contributed by atoms with van der Waals surface area (Å²) in [6.45, 7) is 1.92. The van der Waals surface area contributed by atoms with Crippen molar-refractivity contribution in [3.63, 3.8) is 0 Å². The molecule has 1 saturated heterocycles. The highest BCUT2D eigenvalue weighted by Gasteiger charge is 2.48. The number of carbonyl (C=O) groups excluding carboxylic acids is 2. The number of hydrogen-bond donors (Lipinski definition) is 1. The number of ketones is 1. The fraction of sp³-hybridized carbons (Fsp3) is 0.160. The van der Waals surface area contributed by atoms with Crippen LogP contribution in [0, 0.1) is 6.92 Å². The number of rotatable bonds is 5. The van der Waals surface area contributed by atoms with Gasteiger partial charge in [0.05, 0.1) is 30.0 Å². The number of amides is 1. The first-order valence-electron chi connectivity index (χ1n) is 10.4. The van der Waals surface area contributed by atoms with Crippen LogP contribution in [0.2, 0.25) is 0 Å². The lowest BCUT2D eigenvalue weighted by Crippen LogP contribution is -2.28. The maximum absolute atomic E-state index is 13.3. The third kappa shape index (κ3) is 3.53. The molecule has 0 radical (unpaired) electrons. The highest BCUT2D eigenvalue weighted by atomic mass is 32.1. The van der Waals surface area contributed by atoms with Crippen LogP contribution in [-0.2, 0) is 9.59 Å². The molecule has 0 spiro atoms. The minimum atomic E-state index is -0.786. The van der Waals surface area contributed by atoms with Crippen molar-refractivity contribution in [2.45, 2.75) is 13.0 Å². The lowest BCUT2D eigenvalue weighted by molar-refractivity contribution is -0.132. The van der Waals surface area contributed by atoms with Crippen LogP contribution < -0.4 is 14.4 Å². The molecule has 1 fully saturated rings. The molecule has 1 atom stereocenters. The summed E-state index contributed by atoms with van der Waals surface area (Å²) in [5.74, 6) is -0.373. The Balaban J connectivity index is 1.68. The predicted octanol–water partition coefficient (Wildman–Crippen LogP) is 5.31. The number of aliphatic hydroxyl groups is 1. The van der Waals surface area contributed by atoms with E-state index in [0.29, 0.717) is 22.0 Å². The summed E-state index contributed by atoms with van der Waals surface area (Å²) in [4.78, 5) is 33.3. The number of thiazole rings is 1. The van der Waals surface area contributed by atoms with Crippen LogP contribution in [0.15, 0.2) is 59.5 Å². The quantitative estimate of drug-likeness (QED) is 0.231. The summed E-state index contributed by atoms with van der Waals surface area (Å²) in [6.07, 6.45) is 0. The van der Waals surface area contributed by atoms with Gasteiger partial charge in [-0.15, -0.1) is 11.3 Å². The van der Waals surface area contributed by atoms with Gasteiger partial charge in [-0.2, -0.15) is 0 Å². The second-order valence-electron chi connectivity index (χ2n) is 7.70. The lowest BCUT2D eigenvalue weighted by Gasteiger charge is -2.21. The summed E-state index contributed by atoms with van der Waals surface area (Å²) in [5, 5.41) is 13.4. The molecule has 34 heavy (non-hydrogen) atoms. The molecule has 9 heteroatoms. The largest absolute Gasteiger partial charge is 0.507 e. The Morgan fingerprint density at radius 1 is 1.09 bits per heavy atom. The Morgan fingerprint density at radius 3 is 2.50 bits per heavy atom. The van der Waals surface area contributed by atoms with Crippen LogP contribution in [0.4, 0.5) is 5.13 Å². The number of methoxy groups -OCH3 is 2. The van der Waals surface area contributed by atoms with Crippen molar-refractivity contribution in [1.82, 2.24) is 4.98 Å².